The molecule has 1 aromatic carbocycles. The third-order valence-electron chi connectivity index (χ3n) is 4.03. The summed E-state index contributed by atoms with van der Waals surface area (Å²) in [5, 5.41) is 1.04. The van der Waals surface area contributed by atoms with Gasteiger partial charge >= 0.3 is 5.97 Å². The Hall–Kier alpha value is -2.76. The van der Waals surface area contributed by atoms with Gasteiger partial charge in [0.1, 0.15) is 34.7 Å². The smallest absolute Gasteiger partial charge is 0.309 e. The molecule has 0 saturated carbocycles. The Morgan fingerprint density at radius 2 is 2.08 bits per heavy atom. The van der Waals surface area contributed by atoms with E-state index in [0.717, 1.165) is 0 Å². The van der Waals surface area contributed by atoms with Gasteiger partial charge in [-0.25, -0.2) is 0 Å². The van der Waals surface area contributed by atoms with Gasteiger partial charge in [-0.1, -0.05) is 13.8 Å². The molecule has 6 nitrogen and oxygen atoms in total. The van der Waals surface area contributed by atoms with Crippen LogP contribution in [0, 0.1) is 5.92 Å². The van der Waals surface area contributed by atoms with Gasteiger partial charge in [0, 0.05) is 12.1 Å². The van der Waals surface area contributed by atoms with Crippen LogP contribution in [0.3, 0.4) is 0 Å². The van der Waals surface area contributed by atoms with Crippen molar-refractivity contribution >= 4 is 27.9 Å². The number of carbonyl (C=O) groups is 1. The zero-order valence-corrected chi connectivity index (χ0v) is 13.8. The molecule has 126 valence electrons. The van der Waals surface area contributed by atoms with Crippen molar-refractivity contribution in [1.82, 2.24) is 0 Å². The Balaban J connectivity index is 2.02. The summed E-state index contributed by atoms with van der Waals surface area (Å²) in [4.78, 5) is 24.2. The van der Waals surface area contributed by atoms with Crippen molar-refractivity contribution in [3.63, 3.8) is 0 Å². The first-order chi connectivity index (χ1) is 11.5. The van der Waals surface area contributed by atoms with Gasteiger partial charge in [0.15, 0.2) is 5.43 Å². The predicted octanol–water partition coefficient (Wildman–Crippen LogP) is 3.64. The molecule has 0 aliphatic rings. The lowest BCUT2D eigenvalue weighted by atomic mass is 10.1. The van der Waals surface area contributed by atoms with Gasteiger partial charge in [-0.15, -0.1) is 0 Å². The van der Waals surface area contributed by atoms with Crippen LogP contribution >= 0.6 is 0 Å². The van der Waals surface area contributed by atoms with E-state index in [1.807, 2.05) is 6.92 Å². The number of hydrogen-bond donors (Lipinski definition) is 0. The summed E-state index contributed by atoms with van der Waals surface area (Å²) in [6.07, 6.45) is 2.21. The topological polar surface area (TPSA) is 78.9 Å². The molecule has 1 atom stereocenters. The molecular weight excluding hydrogens is 312 g/mol. The third-order valence-corrected chi connectivity index (χ3v) is 4.03. The van der Waals surface area contributed by atoms with Crippen molar-refractivity contribution in [2.45, 2.75) is 26.9 Å². The summed E-state index contributed by atoms with van der Waals surface area (Å²) in [7, 11) is 1.49. The van der Waals surface area contributed by atoms with Crippen LogP contribution < -0.4 is 10.2 Å². The number of fused-ring (bicyclic) bond motifs is 2. The molecule has 0 unspecified atom stereocenters. The van der Waals surface area contributed by atoms with Crippen LogP contribution in [0.25, 0.3) is 21.9 Å². The third kappa shape index (κ3) is 2.75. The van der Waals surface area contributed by atoms with E-state index >= 15 is 0 Å². The molecule has 0 saturated heterocycles. The van der Waals surface area contributed by atoms with Crippen molar-refractivity contribution in [2.24, 2.45) is 5.92 Å². The highest BCUT2D eigenvalue weighted by molar-refractivity contribution is 6.01. The lowest BCUT2D eigenvalue weighted by Gasteiger charge is -2.10. The molecule has 2 aromatic heterocycles. The molecule has 0 aliphatic heterocycles. The first kappa shape index (κ1) is 16.1. The van der Waals surface area contributed by atoms with Gasteiger partial charge in [-0.2, -0.15) is 0 Å². The molecule has 0 aliphatic carbocycles. The maximum atomic E-state index is 12.5. The molecule has 0 radical (unpaired) electrons. The highest BCUT2D eigenvalue weighted by Gasteiger charge is 2.17. The fourth-order valence-corrected chi connectivity index (χ4v) is 2.50. The lowest BCUT2D eigenvalue weighted by molar-refractivity contribution is -0.149. The fraction of sp³-hybridized carbons (Fsp3) is 0.333. The molecule has 0 amide bonds. The number of ether oxygens (including phenoxy) is 2. The minimum absolute atomic E-state index is 0.0904. The van der Waals surface area contributed by atoms with Crippen molar-refractivity contribution in [1.29, 1.82) is 0 Å². The second-order valence-electron chi connectivity index (χ2n) is 5.61. The van der Waals surface area contributed by atoms with E-state index in [1.165, 1.54) is 19.4 Å². The molecule has 3 aromatic rings. The quantitative estimate of drug-likeness (QED) is 0.665. The minimum Gasteiger partial charge on any atom is -0.495 e. The molecule has 3 rings (SSSR count). The molecule has 2 heterocycles. The number of rotatable bonds is 5. The minimum atomic E-state index is -0.320. The largest absolute Gasteiger partial charge is 0.495 e. The van der Waals surface area contributed by atoms with Gasteiger partial charge in [-0.05, 0) is 12.5 Å². The Morgan fingerprint density at radius 3 is 2.79 bits per heavy atom. The Kier molecular flexibility index (Phi) is 4.29. The molecule has 0 bridgehead atoms. The second kappa shape index (κ2) is 6.39. The molecule has 0 N–H and O–H groups in total. The van der Waals surface area contributed by atoms with E-state index < -0.39 is 0 Å². The number of carbonyl (C=O) groups excluding carboxylic acids is 1. The highest BCUT2D eigenvalue weighted by atomic mass is 16.5. The zero-order chi connectivity index (χ0) is 17.3. The number of hydrogen-bond acceptors (Lipinski definition) is 6. The van der Waals surface area contributed by atoms with Gasteiger partial charge in [0.05, 0.1) is 24.7 Å². The van der Waals surface area contributed by atoms with Crippen molar-refractivity contribution < 1.29 is 23.1 Å². The Labute approximate surface area is 137 Å². The molecule has 0 spiro atoms. The van der Waals surface area contributed by atoms with Crippen molar-refractivity contribution in [3.8, 4) is 5.75 Å². The van der Waals surface area contributed by atoms with Crippen molar-refractivity contribution in [2.75, 3.05) is 7.11 Å². The maximum absolute atomic E-state index is 12.5. The number of benzene rings is 1. The van der Waals surface area contributed by atoms with Crippen LogP contribution in [0.2, 0.25) is 0 Å². The standard InChI is InChI=1S/C18H18O6/c1-4-10(2)18(20)23-9-11-7-13(19)16-15(24-11)8-14-12(5-6-22-14)17(16)21-3/h5-8,10H,4,9H2,1-3H3/t10-/m0/s1. The van der Waals surface area contributed by atoms with Crippen LogP contribution in [-0.2, 0) is 16.1 Å². The predicted molar refractivity (Wildman–Crippen MR) is 88.1 cm³/mol. The van der Waals surface area contributed by atoms with Crippen LogP contribution in [0.15, 0.2) is 38.1 Å². The average molecular weight is 330 g/mol. The SMILES string of the molecule is CC[C@H](C)C(=O)OCc1cc(=O)c2c(OC)c3ccoc3cc2o1. The van der Waals surface area contributed by atoms with Gasteiger partial charge in [0.25, 0.3) is 0 Å². The number of furan rings is 1. The first-order valence-corrected chi connectivity index (χ1v) is 7.72. The van der Waals surface area contributed by atoms with E-state index in [2.05, 4.69) is 0 Å². The molecule has 0 fully saturated rings. The summed E-state index contributed by atoms with van der Waals surface area (Å²) >= 11 is 0. The number of esters is 1. The van der Waals surface area contributed by atoms with Gasteiger partial charge in [0.2, 0.25) is 0 Å². The van der Waals surface area contributed by atoms with Crippen LogP contribution in [0.1, 0.15) is 26.0 Å². The van der Waals surface area contributed by atoms with Gasteiger partial charge in [-0.3, -0.25) is 9.59 Å². The average Bonchev–Trinajstić information content (AvgIpc) is 3.04. The second-order valence-corrected chi connectivity index (χ2v) is 5.61. The molecule has 6 heteroatoms. The molecule has 24 heavy (non-hydrogen) atoms. The van der Waals surface area contributed by atoms with E-state index in [4.69, 9.17) is 18.3 Å². The van der Waals surface area contributed by atoms with Crippen LogP contribution in [0.4, 0.5) is 0 Å². The lowest BCUT2D eigenvalue weighted by Crippen LogP contribution is -2.14. The number of methoxy groups -OCH3 is 1. The normalized spacial score (nSPS) is 12.5. The summed E-state index contributed by atoms with van der Waals surface area (Å²) in [6, 6.07) is 4.68. The summed E-state index contributed by atoms with van der Waals surface area (Å²) in [5.74, 6) is 0.171. The van der Waals surface area contributed by atoms with Crippen LogP contribution in [0.5, 0.6) is 5.75 Å². The summed E-state index contributed by atoms with van der Waals surface area (Å²) in [6.45, 7) is 3.60. The van der Waals surface area contributed by atoms with Gasteiger partial charge < -0.3 is 18.3 Å². The fourth-order valence-electron chi connectivity index (χ4n) is 2.50. The maximum Gasteiger partial charge on any atom is 0.309 e. The monoisotopic (exact) mass is 330 g/mol. The molecular formula is C18H18O6. The van der Waals surface area contributed by atoms with Crippen LogP contribution in [-0.4, -0.2) is 13.1 Å². The zero-order valence-electron chi connectivity index (χ0n) is 13.8. The Morgan fingerprint density at radius 1 is 1.29 bits per heavy atom. The van der Waals surface area contributed by atoms with Crippen molar-refractivity contribution in [3.05, 3.63) is 40.4 Å². The van der Waals surface area contributed by atoms with E-state index in [0.29, 0.717) is 34.1 Å². The Bertz CT molecular complexity index is 949. The summed E-state index contributed by atoms with van der Waals surface area (Å²) < 4.78 is 21.6. The highest BCUT2D eigenvalue weighted by Crippen LogP contribution is 2.33. The first-order valence-electron chi connectivity index (χ1n) is 7.72. The summed E-state index contributed by atoms with van der Waals surface area (Å²) in [5.41, 5.74) is 0.624. The van der Waals surface area contributed by atoms with E-state index in [-0.39, 0.29) is 29.7 Å². The van der Waals surface area contributed by atoms with E-state index in [1.54, 1.807) is 19.1 Å². The van der Waals surface area contributed by atoms with E-state index in [9.17, 15) is 9.59 Å².